The molecule has 0 atom stereocenters. The molecule has 2 heterocycles. The normalized spacial score (nSPS) is 15.8. The van der Waals surface area contributed by atoms with E-state index in [0.717, 1.165) is 17.0 Å². The molecular weight excluding hydrogens is 346 g/mol. The highest BCUT2D eigenvalue weighted by atomic mass is 32.2. The van der Waals surface area contributed by atoms with Gasteiger partial charge in [-0.2, -0.15) is 0 Å². The fourth-order valence-corrected chi connectivity index (χ4v) is 3.67. The highest BCUT2D eigenvalue weighted by molar-refractivity contribution is 8.26. The van der Waals surface area contributed by atoms with Crippen molar-refractivity contribution < 1.29 is 9.72 Å². The van der Waals surface area contributed by atoms with E-state index in [1.807, 2.05) is 30.5 Å². The Bertz CT molecular complexity index is 915. The van der Waals surface area contributed by atoms with Crippen LogP contribution in [0.3, 0.4) is 0 Å². The number of nitro benzene ring substituents is 1. The van der Waals surface area contributed by atoms with Gasteiger partial charge in [-0.25, -0.2) is 0 Å². The van der Waals surface area contributed by atoms with Crippen LogP contribution in [0.4, 0.5) is 5.69 Å². The summed E-state index contributed by atoms with van der Waals surface area (Å²) in [4.78, 5) is 22.9. The van der Waals surface area contributed by atoms with Gasteiger partial charge in [0.2, 0.25) is 0 Å². The maximum absolute atomic E-state index is 11.8. The minimum atomic E-state index is -0.416. The number of benzene rings is 1. The molecule has 0 spiro atoms. The lowest BCUT2D eigenvalue weighted by Crippen LogP contribution is -2.17. The molecule has 122 valence electrons. The Morgan fingerprint density at radius 1 is 1.33 bits per heavy atom. The van der Waals surface area contributed by atoms with Crippen LogP contribution in [0, 0.1) is 24.0 Å². The predicted molar refractivity (Wildman–Crippen MR) is 98.2 cm³/mol. The van der Waals surface area contributed by atoms with E-state index in [9.17, 15) is 14.9 Å². The monoisotopic (exact) mass is 359 g/mol. The summed E-state index contributed by atoms with van der Waals surface area (Å²) in [6.45, 7) is 3.83. The Morgan fingerprint density at radius 2 is 2.08 bits per heavy atom. The standard InChI is InChI=1S/C16H13N3O3S2/c1-9-6-11(7-14-15(20)17-16(23)24-14)10(2)18(9)12-4-3-5-13(8-12)19(21)22/h3-8H,1-2H3,(H,17,20,23)/b14-7-. The van der Waals surface area contributed by atoms with Crippen LogP contribution in [0.5, 0.6) is 0 Å². The van der Waals surface area contributed by atoms with Gasteiger partial charge >= 0.3 is 0 Å². The van der Waals surface area contributed by atoms with Crippen molar-refractivity contribution in [3.8, 4) is 5.69 Å². The van der Waals surface area contributed by atoms with E-state index in [0.29, 0.717) is 14.9 Å². The first kappa shape index (κ1) is 16.4. The zero-order valence-electron chi connectivity index (χ0n) is 12.9. The van der Waals surface area contributed by atoms with Crippen molar-refractivity contribution in [2.45, 2.75) is 13.8 Å². The number of thioether (sulfide) groups is 1. The van der Waals surface area contributed by atoms with Crippen molar-refractivity contribution >= 4 is 46.0 Å². The van der Waals surface area contributed by atoms with Crippen molar-refractivity contribution in [3.05, 3.63) is 62.3 Å². The van der Waals surface area contributed by atoms with E-state index in [1.165, 1.54) is 23.9 Å². The smallest absolute Gasteiger partial charge is 0.271 e. The van der Waals surface area contributed by atoms with Crippen LogP contribution in [0.25, 0.3) is 11.8 Å². The SMILES string of the molecule is Cc1cc(/C=C2\SC(=S)NC2=O)c(C)n1-c1cccc([N+](=O)[O-])c1. The molecule has 8 heteroatoms. The zero-order valence-corrected chi connectivity index (χ0v) is 14.5. The van der Waals surface area contributed by atoms with Crippen molar-refractivity contribution in [3.63, 3.8) is 0 Å². The fourth-order valence-electron chi connectivity index (χ4n) is 2.64. The van der Waals surface area contributed by atoms with Gasteiger partial charge in [0.25, 0.3) is 11.6 Å². The molecule has 1 aliphatic heterocycles. The van der Waals surface area contributed by atoms with Gasteiger partial charge in [0, 0.05) is 23.5 Å². The third-order valence-corrected chi connectivity index (χ3v) is 4.86. The molecule has 0 bridgehead atoms. The van der Waals surface area contributed by atoms with Crippen molar-refractivity contribution in [1.82, 2.24) is 9.88 Å². The van der Waals surface area contributed by atoms with Gasteiger partial charge in [0.05, 0.1) is 15.5 Å². The number of thiocarbonyl (C=S) groups is 1. The molecule has 1 aliphatic rings. The molecule has 1 N–H and O–H groups in total. The van der Waals surface area contributed by atoms with Gasteiger partial charge in [-0.3, -0.25) is 14.9 Å². The summed E-state index contributed by atoms with van der Waals surface area (Å²) < 4.78 is 2.37. The summed E-state index contributed by atoms with van der Waals surface area (Å²) in [6.07, 6.45) is 1.79. The number of amides is 1. The second kappa shape index (κ2) is 6.21. The number of aromatic nitrogens is 1. The van der Waals surface area contributed by atoms with Gasteiger partial charge in [-0.15, -0.1) is 0 Å². The van der Waals surface area contributed by atoms with Gasteiger partial charge in [0.1, 0.15) is 4.32 Å². The number of nitrogens with zero attached hydrogens (tertiary/aromatic N) is 2. The van der Waals surface area contributed by atoms with Crippen LogP contribution in [0.15, 0.2) is 35.2 Å². The molecular formula is C16H13N3O3S2. The number of nitro groups is 1. The summed E-state index contributed by atoms with van der Waals surface area (Å²) in [7, 11) is 0. The average Bonchev–Trinajstić information content (AvgIpc) is 2.98. The maximum atomic E-state index is 11.8. The minimum Gasteiger partial charge on any atom is -0.318 e. The van der Waals surface area contributed by atoms with Crippen LogP contribution in [-0.4, -0.2) is 19.7 Å². The Morgan fingerprint density at radius 3 is 2.71 bits per heavy atom. The molecule has 0 radical (unpaired) electrons. The van der Waals surface area contributed by atoms with Crippen molar-refractivity contribution in [2.24, 2.45) is 0 Å². The van der Waals surface area contributed by atoms with Crippen LogP contribution in [-0.2, 0) is 4.79 Å². The Balaban J connectivity index is 2.06. The number of hydrogen-bond acceptors (Lipinski definition) is 5. The van der Waals surface area contributed by atoms with Gasteiger partial charge < -0.3 is 9.88 Å². The van der Waals surface area contributed by atoms with Crippen LogP contribution >= 0.6 is 24.0 Å². The Labute approximate surface area is 147 Å². The highest BCUT2D eigenvalue weighted by Gasteiger charge is 2.23. The summed E-state index contributed by atoms with van der Waals surface area (Å²) in [5.41, 5.74) is 3.44. The first-order valence-corrected chi connectivity index (χ1v) is 8.28. The fraction of sp³-hybridized carbons (Fsp3) is 0.125. The van der Waals surface area contributed by atoms with E-state index < -0.39 is 4.92 Å². The second-order valence-electron chi connectivity index (χ2n) is 5.29. The lowest BCUT2D eigenvalue weighted by atomic mass is 10.2. The van der Waals surface area contributed by atoms with E-state index in [-0.39, 0.29) is 11.6 Å². The molecule has 6 nitrogen and oxygen atoms in total. The van der Waals surface area contributed by atoms with E-state index in [4.69, 9.17) is 12.2 Å². The zero-order chi connectivity index (χ0) is 17.4. The van der Waals surface area contributed by atoms with Crippen LogP contribution < -0.4 is 5.32 Å². The Kier molecular flexibility index (Phi) is 4.25. The number of carbonyl (C=O) groups is 1. The molecule has 1 fully saturated rings. The average molecular weight is 359 g/mol. The van der Waals surface area contributed by atoms with Gasteiger partial charge in [-0.1, -0.05) is 30.0 Å². The van der Waals surface area contributed by atoms with E-state index in [1.54, 1.807) is 12.1 Å². The molecule has 2 aromatic rings. The molecule has 0 aliphatic carbocycles. The van der Waals surface area contributed by atoms with E-state index >= 15 is 0 Å². The number of hydrogen-bond donors (Lipinski definition) is 1. The minimum absolute atomic E-state index is 0.0379. The molecule has 0 saturated carbocycles. The molecule has 0 unspecified atom stereocenters. The predicted octanol–water partition coefficient (Wildman–Crippen LogP) is 3.49. The second-order valence-corrected chi connectivity index (χ2v) is 7.01. The highest BCUT2D eigenvalue weighted by Crippen LogP contribution is 2.29. The summed E-state index contributed by atoms with van der Waals surface area (Å²) in [5, 5.41) is 13.6. The maximum Gasteiger partial charge on any atom is 0.271 e. The number of carbonyl (C=O) groups excluding carboxylic acids is 1. The Hall–Kier alpha value is -2.45. The summed E-state index contributed by atoms with van der Waals surface area (Å²) in [6, 6.07) is 8.40. The molecule has 1 aromatic carbocycles. The first-order valence-electron chi connectivity index (χ1n) is 7.05. The quantitative estimate of drug-likeness (QED) is 0.393. The van der Waals surface area contributed by atoms with Crippen LogP contribution in [0.1, 0.15) is 17.0 Å². The lowest BCUT2D eigenvalue weighted by molar-refractivity contribution is -0.384. The third-order valence-electron chi connectivity index (χ3n) is 3.70. The summed E-state index contributed by atoms with van der Waals surface area (Å²) in [5.74, 6) is -0.204. The topological polar surface area (TPSA) is 77.2 Å². The lowest BCUT2D eigenvalue weighted by Gasteiger charge is -2.09. The van der Waals surface area contributed by atoms with Crippen molar-refractivity contribution in [1.29, 1.82) is 0 Å². The molecule has 1 saturated heterocycles. The largest absolute Gasteiger partial charge is 0.318 e. The molecule has 1 amide bonds. The number of nitrogens with one attached hydrogen (secondary N) is 1. The number of non-ortho nitro benzene ring substituents is 1. The molecule has 3 rings (SSSR count). The van der Waals surface area contributed by atoms with Gasteiger partial charge in [0.15, 0.2) is 0 Å². The molecule has 1 aromatic heterocycles. The van der Waals surface area contributed by atoms with Gasteiger partial charge in [-0.05, 0) is 37.6 Å². The van der Waals surface area contributed by atoms with E-state index in [2.05, 4.69) is 5.32 Å². The van der Waals surface area contributed by atoms with Crippen LogP contribution in [0.2, 0.25) is 0 Å². The number of aryl methyl sites for hydroxylation is 1. The van der Waals surface area contributed by atoms with Crippen molar-refractivity contribution in [2.75, 3.05) is 0 Å². The summed E-state index contributed by atoms with van der Waals surface area (Å²) >= 11 is 6.22. The third kappa shape index (κ3) is 2.98. The molecule has 24 heavy (non-hydrogen) atoms. The number of rotatable bonds is 3. The first-order chi connectivity index (χ1) is 11.4.